The quantitative estimate of drug-likeness (QED) is 0.788. The average molecular weight is 344 g/mol. The van der Waals surface area contributed by atoms with Crippen LogP contribution in [0.5, 0.6) is 0 Å². The van der Waals surface area contributed by atoms with E-state index in [4.69, 9.17) is 5.26 Å². The maximum absolute atomic E-state index is 12.3. The van der Waals surface area contributed by atoms with Crippen molar-refractivity contribution >= 4 is 11.6 Å². The molecule has 1 heterocycles. The molecule has 0 unspecified atom stereocenters. The Bertz CT molecular complexity index is 1050. The minimum absolute atomic E-state index is 0.181. The largest absolute Gasteiger partial charge is 0.323 e. The van der Waals surface area contributed by atoms with E-state index in [0.717, 1.165) is 11.1 Å². The highest BCUT2D eigenvalue weighted by molar-refractivity contribution is 5.91. The Morgan fingerprint density at radius 1 is 1.19 bits per heavy atom. The van der Waals surface area contributed by atoms with Crippen LogP contribution in [0.25, 0.3) is 11.3 Å². The molecule has 3 rings (SSSR count). The number of nitriles is 1. The van der Waals surface area contributed by atoms with Crippen molar-refractivity contribution in [2.24, 2.45) is 0 Å². The predicted octanol–water partition coefficient (Wildman–Crippen LogP) is 2.73. The Labute approximate surface area is 150 Å². The predicted molar refractivity (Wildman–Crippen MR) is 98.5 cm³/mol. The van der Waals surface area contributed by atoms with Gasteiger partial charge in [-0.05, 0) is 19.1 Å². The Balaban J connectivity index is 1.76. The van der Waals surface area contributed by atoms with Gasteiger partial charge < -0.3 is 5.32 Å². The molecule has 0 atom stereocenters. The van der Waals surface area contributed by atoms with Gasteiger partial charge in [0.15, 0.2) is 0 Å². The number of aryl methyl sites for hydroxylation is 1. The summed E-state index contributed by atoms with van der Waals surface area (Å²) in [6, 6.07) is 17.8. The number of para-hydroxylation sites is 1. The third-order valence-corrected chi connectivity index (χ3v) is 3.86. The number of amides is 1. The summed E-state index contributed by atoms with van der Waals surface area (Å²) in [5, 5.41) is 11.7. The van der Waals surface area contributed by atoms with Crippen molar-refractivity contribution in [3.8, 4) is 17.3 Å². The third-order valence-electron chi connectivity index (χ3n) is 3.86. The molecule has 3 aromatic rings. The van der Waals surface area contributed by atoms with Gasteiger partial charge in [-0.25, -0.2) is 4.98 Å². The molecule has 0 saturated carbocycles. The second-order valence-corrected chi connectivity index (χ2v) is 5.81. The van der Waals surface area contributed by atoms with Crippen molar-refractivity contribution in [3.63, 3.8) is 0 Å². The number of carbonyl (C=O) groups excluding carboxylic acids is 1. The van der Waals surface area contributed by atoms with Crippen molar-refractivity contribution in [1.82, 2.24) is 9.55 Å². The number of nitrogens with one attached hydrogen (secondary N) is 1. The first-order valence-corrected chi connectivity index (χ1v) is 7.99. The third kappa shape index (κ3) is 3.84. The van der Waals surface area contributed by atoms with Crippen LogP contribution in [-0.2, 0) is 11.3 Å². The number of benzene rings is 2. The summed E-state index contributed by atoms with van der Waals surface area (Å²) in [6.45, 7) is 1.80. The van der Waals surface area contributed by atoms with E-state index in [0.29, 0.717) is 16.9 Å². The van der Waals surface area contributed by atoms with Gasteiger partial charge in [-0.15, -0.1) is 0 Å². The van der Waals surface area contributed by atoms with E-state index >= 15 is 0 Å². The van der Waals surface area contributed by atoms with Gasteiger partial charge in [0.05, 0.1) is 23.3 Å². The van der Waals surface area contributed by atoms with Crippen molar-refractivity contribution in [2.75, 3.05) is 5.32 Å². The summed E-state index contributed by atoms with van der Waals surface area (Å²) in [5.41, 5.74) is 2.97. The summed E-state index contributed by atoms with van der Waals surface area (Å²) in [7, 11) is 0. The van der Waals surface area contributed by atoms with Crippen molar-refractivity contribution in [2.45, 2.75) is 13.5 Å². The first-order chi connectivity index (χ1) is 12.6. The number of nitrogens with zero attached hydrogens (tertiary/aromatic N) is 3. The molecule has 1 N–H and O–H groups in total. The lowest BCUT2D eigenvalue weighted by atomic mass is 10.1. The van der Waals surface area contributed by atoms with Crippen LogP contribution in [0, 0.1) is 18.3 Å². The molecule has 0 saturated heterocycles. The SMILES string of the molecule is Cc1ccc(-c2cc(=O)n(CC(=O)Nc3ccccc3C#N)cn2)cc1. The zero-order chi connectivity index (χ0) is 18.5. The molecule has 1 amide bonds. The van der Waals surface area contributed by atoms with Crippen molar-refractivity contribution < 1.29 is 4.79 Å². The van der Waals surface area contributed by atoms with Crippen LogP contribution in [-0.4, -0.2) is 15.5 Å². The zero-order valence-corrected chi connectivity index (χ0v) is 14.1. The van der Waals surface area contributed by atoms with E-state index in [1.165, 1.54) is 17.0 Å². The molecule has 0 aliphatic carbocycles. The molecule has 0 bridgehead atoms. The summed E-state index contributed by atoms with van der Waals surface area (Å²) in [6.07, 6.45) is 1.35. The van der Waals surface area contributed by atoms with E-state index in [1.54, 1.807) is 24.3 Å². The van der Waals surface area contributed by atoms with Gasteiger partial charge in [0, 0.05) is 11.6 Å². The molecular formula is C20H16N4O2. The second kappa shape index (κ2) is 7.45. The molecule has 1 aromatic heterocycles. The summed E-state index contributed by atoms with van der Waals surface area (Å²) >= 11 is 0. The van der Waals surface area contributed by atoms with Crippen LogP contribution >= 0.6 is 0 Å². The van der Waals surface area contributed by atoms with Crippen LogP contribution in [0.3, 0.4) is 0 Å². The van der Waals surface area contributed by atoms with Crippen LogP contribution in [0.15, 0.2) is 65.7 Å². The maximum Gasteiger partial charge on any atom is 0.254 e. The van der Waals surface area contributed by atoms with Gasteiger partial charge in [0.25, 0.3) is 5.56 Å². The van der Waals surface area contributed by atoms with Crippen molar-refractivity contribution in [3.05, 3.63) is 82.4 Å². The molecular weight excluding hydrogens is 328 g/mol. The Morgan fingerprint density at radius 3 is 2.62 bits per heavy atom. The second-order valence-electron chi connectivity index (χ2n) is 5.81. The zero-order valence-electron chi connectivity index (χ0n) is 14.1. The van der Waals surface area contributed by atoms with E-state index < -0.39 is 5.91 Å². The fourth-order valence-electron chi connectivity index (χ4n) is 2.46. The van der Waals surface area contributed by atoms with Gasteiger partial charge in [0.1, 0.15) is 12.6 Å². The highest BCUT2D eigenvalue weighted by atomic mass is 16.2. The number of rotatable bonds is 4. The standard InChI is InChI=1S/C20H16N4O2/c1-14-6-8-15(9-7-14)18-10-20(26)24(13-22-18)12-19(25)23-17-5-3-2-4-16(17)11-21/h2-10,13H,12H2,1H3,(H,23,25). The van der Waals surface area contributed by atoms with Crippen LogP contribution in [0.1, 0.15) is 11.1 Å². The summed E-state index contributed by atoms with van der Waals surface area (Å²) < 4.78 is 1.22. The molecule has 0 spiro atoms. The fourth-order valence-corrected chi connectivity index (χ4v) is 2.46. The smallest absolute Gasteiger partial charge is 0.254 e. The summed E-state index contributed by atoms with van der Waals surface area (Å²) in [4.78, 5) is 28.7. The monoisotopic (exact) mass is 344 g/mol. The lowest BCUT2D eigenvalue weighted by Gasteiger charge is -2.09. The molecule has 0 aliphatic rings. The van der Waals surface area contributed by atoms with Crippen LogP contribution in [0.2, 0.25) is 0 Å². The molecule has 26 heavy (non-hydrogen) atoms. The minimum atomic E-state index is -0.403. The van der Waals surface area contributed by atoms with Crippen LogP contribution < -0.4 is 10.9 Å². The molecule has 0 fully saturated rings. The van der Waals surface area contributed by atoms with Crippen molar-refractivity contribution in [1.29, 1.82) is 5.26 Å². The maximum atomic E-state index is 12.3. The topological polar surface area (TPSA) is 87.8 Å². The molecule has 128 valence electrons. The number of carbonyl (C=O) groups is 1. The highest BCUT2D eigenvalue weighted by Crippen LogP contribution is 2.16. The van der Waals surface area contributed by atoms with Gasteiger partial charge in [-0.3, -0.25) is 14.2 Å². The minimum Gasteiger partial charge on any atom is -0.323 e. The molecule has 0 radical (unpaired) electrons. The Hall–Kier alpha value is -3.72. The number of hydrogen-bond donors (Lipinski definition) is 1. The van der Waals surface area contributed by atoms with E-state index in [9.17, 15) is 9.59 Å². The number of hydrogen-bond acceptors (Lipinski definition) is 4. The Kier molecular flexibility index (Phi) is 4.90. The summed E-state index contributed by atoms with van der Waals surface area (Å²) in [5.74, 6) is -0.403. The average Bonchev–Trinajstić information content (AvgIpc) is 2.64. The molecule has 2 aromatic carbocycles. The normalized spacial score (nSPS) is 10.2. The lowest BCUT2D eigenvalue weighted by molar-refractivity contribution is -0.116. The van der Waals surface area contributed by atoms with E-state index in [-0.39, 0.29) is 12.1 Å². The lowest BCUT2D eigenvalue weighted by Crippen LogP contribution is -2.27. The van der Waals surface area contributed by atoms with Gasteiger partial charge >= 0.3 is 0 Å². The highest BCUT2D eigenvalue weighted by Gasteiger charge is 2.09. The van der Waals surface area contributed by atoms with Gasteiger partial charge in [-0.2, -0.15) is 5.26 Å². The molecule has 6 heteroatoms. The van der Waals surface area contributed by atoms with E-state index in [2.05, 4.69) is 10.3 Å². The fraction of sp³-hybridized carbons (Fsp3) is 0.100. The van der Waals surface area contributed by atoms with Crippen LogP contribution in [0.4, 0.5) is 5.69 Å². The molecule has 6 nitrogen and oxygen atoms in total. The van der Waals surface area contributed by atoms with Gasteiger partial charge in [-0.1, -0.05) is 42.0 Å². The first-order valence-electron chi connectivity index (χ1n) is 7.99. The number of anilines is 1. The Morgan fingerprint density at radius 2 is 1.92 bits per heavy atom. The van der Waals surface area contributed by atoms with E-state index in [1.807, 2.05) is 37.3 Å². The van der Waals surface area contributed by atoms with Gasteiger partial charge in [0.2, 0.25) is 5.91 Å². The first kappa shape index (κ1) is 17.1. The number of aromatic nitrogens is 2. The molecule has 0 aliphatic heterocycles.